The third-order valence-electron chi connectivity index (χ3n) is 3.91. The highest BCUT2D eigenvalue weighted by Crippen LogP contribution is 2.24. The van der Waals surface area contributed by atoms with Crippen LogP contribution in [0.1, 0.15) is 19.3 Å². The molecule has 0 bridgehead atoms. The van der Waals surface area contributed by atoms with Crippen molar-refractivity contribution in [3.63, 3.8) is 0 Å². The normalized spacial score (nSPS) is 24.1. The number of likely N-dealkylation sites (tertiary alicyclic amines) is 1. The standard InChI is InChI=1S/C15H18FNO3/c16-11-1-3-13(4-2-11)20-14-5-8-17(15(14)18)12-6-9-19-10-7-12/h1-4,12,14H,5-10H2. The van der Waals surface area contributed by atoms with Gasteiger partial charge in [-0.05, 0) is 37.1 Å². The molecule has 1 aromatic carbocycles. The Morgan fingerprint density at radius 1 is 1.15 bits per heavy atom. The number of hydrogen-bond acceptors (Lipinski definition) is 3. The Bertz CT molecular complexity index is 471. The maximum atomic E-state index is 12.8. The van der Waals surface area contributed by atoms with E-state index in [4.69, 9.17) is 9.47 Å². The summed E-state index contributed by atoms with van der Waals surface area (Å²) in [4.78, 5) is 14.3. The van der Waals surface area contributed by atoms with Crippen LogP contribution in [0.4, 0.5) is 4.39 Å². The van der Waals surface area contributed by atoms with E-state index < -0.39 is 6.10 Å². The van der Waals surface area contributed by atoms with Gasteiger partial charge in [0.15, 0.2) is 6.10 Å². The molecule has 1 unspecified atom stereocenters. The number of benzene rings is 1. The number of nitrogens with zero attached hydrogens (tertiary/aromatic N) is 1. The highest BCUT2D eigenvalue weighted by Gasteiger charge is 2.37. The molecule has 4 nitrogen and oxygen atoms in total. The van der Waals surface area contributed by atoms with Gasteiger partial charge in [-0.2, -0.15) is 0 Å². The number of amides is 1. The quantitative estimate of drug-likeness (QED) is 0.849. The fraction of sp³-hybridized carbons (Fsp3) is 0.533. The van der Waals surface area contributed by atoms with Crippen molar-refractivity contribution in [3.8, 4) is 5.75 Å². The molecule has 0 saturated carbocycles. The third kappa shape index (κ3) is 2.77. The van der Waals surface area contributed by atoms with Crippen LogP contribution in [0.15, 0.2) is 24.3 Å². The van der Waals surface area contributed by atoms with E-state index in [1.165, 1.54) is 12.1 Å². The Morgan fingerprint density at radius 3 is 2.55 bits per heavy atom. The van der Waals surface area contributed by atoms with E-state index >= 15 is 0 Å². The molecule has 2 aliphatic heterocycles. The maximum absolute atomic E-state index is 12.8. The summed E-state index contributed by atoms with van der Waals surface area (Å²) in [6.07, 6.45) is 2.04. The number of hydrogen-bond donors (Lipinski definition) is 0. The van der Waals surface area contributed by atoms with Crippen molar-refractivity contribution >= 4 is 5.91 Å². The van der Waals surface area contributed by atoms with Crippen molar-refractivity contribution in [2.24, 2.45) is 0 Å². The summed E-state index contributed by atoms with van der Waals surface area (Å²) >= 11 is 0. The largest absolute Gasteiger partial charge is 0.481 e. The van der Waals surface area contributed by atoms with Crippen molar-refractivity contribution in [1.29, 1.82) is 0 Å². The molecule has 2 saturated heterocycles. The van der Waals surface area contributed by atoms with Crippen molar-refractivity contribution in [1.82, 2.24) is 4.90 Å². The van der Waals surface area contributed by atoms with E-state index in [2.05, 4.69) is 0 Å². The van der Waals surface area contributed by atoms with Crippen LogP contribution in [0, 0.1) is 5.82 Å². The van der Waals surface area contributed by atoms with Gasteiger partial charge in [0.05, 0.1) is 0 Å². The Balaban J connectivity index is 1.61. The van der Waals surface area contributed by atoms with Gasteiger partial charge in [-0.3, -0.25) is 4.79 Å². The molecule has 0 spiro atoms. The number of halogens is 1. The summed E-state index contributed by atoms with van der Waals surface area (Å²) in [5.41, 5.74) is 0. The van der Waals surface area contributed by atoms with Gasteiger partial charge >= 0.3 is 0 Å². The number of carbonyl (C=O) groups is 1. The fourth-order valence-corrected chi connectivity index (χ4v) is 2.82. The molecule has 2 fully saturated rings. The molecular formula is C15H18FNO3. The lowest BCUT2D eigenvalue weighted by Gasteiger charge is -2.31. The molecule has 0 aliphatic carbocycles. The minimum atomic E-state index is -0.441. The highest BCUT2D eigenvalue weighted by atomic mass is 19.1. The van der Waals surface area contributed by atoms with Crippen molar-refractivity contribution < 1.29 is 18.7 Å². The van der Waals surface area contributed by atoms with Crippen LogP contribution in [-0.2, 0) is 9.53 Å². The van der Waals surface area contributed by atoms with Gasteiger partial charge < -0.3 is 14.4 Å². The summed E-state index contributed by atoms with van der Waals surface area (Å²) in [7, 11) is 0. The molecule has 108 valence electrons. The smallest absolute Gasteiger partial charge is 0.263 e. The first-order valence-corrected chi connectivity index (χ1v) is 7.04. The molecular weight excluding hydrogens is 261 g/mol. The van der Waals surface area contributed by atoms with Gasteiger partial charge in [0.1, 0.15) is 11.6 Å². The van der Waals surface area contributed by atoms with E-state index in [1.54, 1.807) is 12.1 Å². The molecule has 1 aromatic rings. The zero-order chi connectivity index (χ0) is 13.9. The van der Waals surface area contributed by atoms with Gasteiger partial charge in [-0.1, -0.05) is 0 Å². The summed E-state index contributed by atoms with van der Waals surface area (Å²) in [6, 6.07) is 6.06. The van der Waals surface area contributed by atoms with Crippen LogP contribution in [0.3, 0.4) is 0 Å². The minimum Gasteiger partial charge on any atom is -0.481 e. The van der Waals surface area contributed by atoms with Gasteiger partial charge in [0, 0.05) is 32.2 Å². The molecule has 1 amide bonds. The molecule has 0 aromatic heterocycles. The lowest BCUT2D eigenvalue weighted by atomic mass is 10.1. The summed E-state index contributed by atoms with van der Waals surface area (Å²) < 4.78 is 23.8. The Hall–Kier alpha value is -1.62. The van der Waals surface area contributed by atoms with Crippen LogP contribution in [-0.4, -0.2) is 42.7 Å². The molecule has 5 heteroatoms. The van der Waals surface area contributed by atoms with Crippen LogP contribution < -0.4 is 4.74 Å². The average Bonchev–Trinajstić information content (AvgIpc) is 2.84. The first kappa shape index (κ1) is 13.4. The van der Waals surface area contributed by atoms with Crippen molar-refractivity contribution in [2.75, 3.05) is 19.8 Å². The predicted octanol–water partition coefficient (Wildman–Crippen LogP) is 1.98. The molecule has 3 rings (SSSR count). The van der Waals surface area contributed by atoms with E-state index in [-0.39, 0.29) is 17.8 Å². The highest BCUT2D eigenvalue weighted by molar-refractivity contribution is 5.83. The van der Waals surface area contributed by atoms with Gasteiger partial charge in [0.25, 0.3) is 5.91 Å². The fourth-order valence-electron chi connectivity index (χ4n) is 2.82. The first-order valence-electron chi connectivity index (χ1n) is 7.04. The van der Waals surface area contributed by atoms with Crippen LogP contribution in [0.5, 0.6) is 5.75 Å². The molecule has 0 N–H and O–H groups in total. The minimum absolute atomic E-state index is 0.0428. The Labute approximate surface area is 117 Å². The van der Waals surface area contributed by atoms with E-state index in [9.17, 15) is 9.18 Å². The van der Waals surface area contributed by atoms with Crippen LogP contribution in [0.25, 0.3) is 0 Å². The van der Waals surface area contributed by atoms with Crippen LogP contribution in [0.2, 0.25) is 0 Å². The second-order valence-corrected chi connectivity index (χ2v) is 5.22. The van der Waals surface area contributed by atoms with Gasteiger partial charge in [-0.15, -0.1) is 0 Å². The van der Waals surface area contributed by atoms with Crippen molar-refractivity contribution in [3.05, 3.63) is 30.1 Å². The first-order chi connectivity index (χ1) is 9.74. The number of rotatable bonds is 3. The topological polar surface area (TPSA) is 38.8 Å². The molecule has 1 atom stereocenters. The molecule has 20 heavy (non-hydrogen) atoms. The molecule has 0 radical (unpaired) electrons. The summed E-state index contributed by atoms with van der Waals surface area (Å²) in [6.45, 7) is 2.17. The maximum Gasteiger partial charge on any atom is 0.263 e. The van der Waals surface area contributed by atoms with Crippen LogP contribution >= 0.6 is 0 Å². The van der Waals surface area contributed by atoms with E-state index in [1.807, 2.05) is 4.90 Å². The summed E-state index contributed by atoms with van der Waals surface area (Å²) in [5, 5.41) is 0. The average molecular weight is 279 g/mol. The molecule has 2 heterocycles. The number of carbonyl (C=O) groups excluding carboxylic acids is 1. The van der Waals surface area contributed by atoms with E-state index in [0.717, 1.165) is 32.6 Å². The predicted molar refractivity (Wildman–Crippen MR) is 71.0 cm³/mol. The second-order valence-electron chi connectivity index (χ2n) is 5.22. The van der Waals surface area contributed by atoms with E-state index in [0.29, 0.717) is 12.2 Å². The lowest BCUT2D eigenvalue weighted by Crippen LogP contribution is -2.42. The zero-order valence-electron chi connectivity index (χ0n) is 11.3. The Morgan fingerprint density at radius 2 is 1.85 bits per heavy atom. The van der Waals surface area contributed by atoms with Crippen molar-refractivity contribution in [2.45, 2.75) is 31.4 Å². The molecule has 2 aliphatic rings. The van der Waals surface area contributed by atoms with Gasteiger partial charge in [0.2, 0.25) is 0 Å². The monoisotopic (exact) mass is 279 g/mol. The Kier molecular flexibility index (Phi) is 3.87. The number of ether oxygens (including phenoxy) is 2. The lowest BCUT2D eigenvalue weighted by molar-refractivity contribution is -0.136. The van der Waals surface area contributed by atoms with Gasteiger partial charge in [-0.25, -0.2) is 4.39 Å². The SMILES string of the molecule is O=C1C(Oc2ccc(F)cc2)CCN1C1CCOCC1. The summed E-state index contributed by atoms with van der Waals surface area (Å²) in [5.74, 6) is 0.277. The second kappa shape index (κ2) is 5.79. The third-order valence-corrected chi connectivity index (χ3v) is 3.91. The zero-order valence-corrected chi connectivity index (χ0v) is 11.3.